The van der Waals surface area contributed by atoms with Gasteiger partial charge in [0.2, 0.25) is 11.8 Å². The molecular weight excluding hydrogens is 258 g/mol. The molecule has 2 heterocycles. The van der Waals surface area contributed by atoms with E-state index in [-0.39, 0.29) is 30.8 Å². The lowest BCUT2D eigenvalue weighted by atomic mass is 9.95. The summed E-state index contributed by atoms with van der Waals surface area (Å²) in [6, 6.07) is 0. The first kappa shape index (κ1) is 14.2. The summed E-state index contributed by atoms with van der Waals surface area (Å²) in [4.78, 5) is 26.6. The molecule has 19 heavy (non-hydrogen) atoms. The van der Waals surface area contributed by atoms with Crippen LogP contribution in [0, 0.1) is 5.92 Å². The molecular formula is C12H18F2N2O3. The molecule has 0 aromatic heterocycles. The predicted molar refractivity (Wildman–Crippen MR) is 62.4 cm³/mol. The third kappa shape index (κ3) is 3.40. The molecule has 0 spiro atoms. The van der Waals surface area contributed by atoms with Gasteiger partial charge in [0.05, 0.1) is 12.0 Å². The number of amides is 2. The summed E-state index contributed by atoms with van der Waals surface area (Å²) in [6.45, 7) is 0.272. The minimum Gasteiger partial charge on any atom is -0.342 e. The van der Waals surface area contributed by atoms with Gasteiger partial charge in [0.1, 0.15) is 0 Å². The van der Waals surface area contributed by atoms with Gasteiger partial charge >= 0.3 is 6.61 Å². The Morgan fingerprint density at radius 3 is 2.47 bits per heavy atom. The lowest BCUT2D eigenvalue weighted by Crippen LogP contribution is -2.58. The number of nitrogens with zero attached hydrogens (tertiary/aromatic N) is 2. The second-order valence-electron chi connectivity index (χ2n) is 5.07. The van der Waals surface area contributed by atoms with E-state index in [0.717, 1.165) is 12.8 Å². The molecule has 1 unspecified atom stereocenters. The van der Waals surface area contributed by atoms with Crippen molar-refractivity contribution in [2.75, 3.05) is 26.2 Å². The van der Waals surface area contributed by atoms with Crippen LogP contribution in [0.3, 0.4) is 0 Å². The molecule has 1 atom stereocenters. The van der Waals surface area contributed by atoms with Crippen LogP contribution in [0.2, 0.25) is 0 Å². The van der Waals surface area contributed by atoms with Crippen LogP contribution in [0.25, 0.3) is 0 Å². The number of rotatable bonds is 3. The van der Waals surface area contributed by atoms with E-state index < -0.39 is 12.7 Å². The molecule has 2 saturated heterocycles. The molecule has 0 aromatic carbocycles. The van der Waals surface area contributed by atoms with Gasteiger partial charge in [-0.25, -0.2) is 0 Å². The van der Waals surface area contributed by atoms with E-state index in [1.54, 1.807) is 4.90 Å². The van der Waals surface area contributed by atoms with Crippen LogP contribution in [-0.4, -0.2) is 60.5 Å². The number of likely N-dealkylation sites (tertiary alicyclic amines) is 2. The van der Waals surface area contributed by atoms with Crippen LogP contribution < -0.4 is 0 Å². The molecule has 7 heteroatoms. The molecule has 108 valence electrons. The molecule has 2 aliphatic rings. The Labute approximate surface area is 110 Å². The van der Waals surface area contributed by atoms with Gasteiger partial charge in [0, 0.05) is 33.1 Å². The van der Waals surface area contributed by atoms with Crippen molar-refractivity contribution in [1.82, 2.24) is 9.80 Å². The number of ether oxygens (including phenoxy) is 1. The van der Waals surface area contributed by atoms with Crippen LogP contribution in [-0.2, 0) is 14.3 Å². The highest BCUT2D eigenvalue weighted by Crippen LogP contribution is 2.23. The summed E-state index contributed by atoms with van der Waals surface area (Å²) in [5, 5.41) is 0. The normalized spacial score (nSPS) is 24.5. The van der Waals surface area contributed by atoms with Gasteiger partial charge < -0.3 is 14.5 Å². The number of carbonyl (C=O) groups is 2. The third-order valence-corrected chi connectivity index (χ3v) is 3.67. The van der Waals surface area contributed by atoms with E-state index in [1.807, 2.05) is 0 Å². The minimum atomic E-state index is -2.79. The molecule has 2 aliphatic heterocycles. The molecule has 0 aromatic rings. The van der Waals surface area contributed by atoms with Crippen LogP contribution in [0.1, 0.15) is 19.8 Å². The van der Waals surface area contributed by atoms with Crippen molar-refractivity contribution in [3.63, 3.8) is 0 Å². The van der Waals surface area contributed by atoms with Crippen molar-refractivity contribution < 1.29 is 23.1 Å². The zero-order valence-electron chi connectivity index (χ0n) is 10.8. The summed E-state index contributed by atoms with van der Waals surface area (Å²) in [5.41, 5.74) is 0. The molecule has 0 aliphatic carbocycles. The van der Waals surface area contributed by atoms with Crippen LogP contribution in [0.15, 0.2) is 0 Å². The summed E-state index contributed by atoms with van der Waals surface area (Å²) < 4.78 is 28.2. The van der Waals surface area contributed by atoms with Crippen molar-refractivity contribution in [1.29, 1.82) is 0 Å². The standard InChI is InChI=1S/C12H18F2N2O3/c1-8(17)15-4-2-3-9(5-15)11(18)16-6-10(7-16)19-12(13)14/h9-10,12H,2-7H2,1H3. The second kappa shape index (κ2) is 5.81. The van der Waals surface area contributed by atoms with E-state index in [2.05, 4.69) is 4.74 Å². The van der Waals surface area contributed by atoms with E-state index in [1.165, 1.54) is 11.8 Å². The van der Waals surface area contributed by atoms with Gasteiger partial charge in [-0.3, -0.25) is 9.59 Å². The molecule has 0 bridgehead atoms. The maximum Gasteiger partial charge on any atom is 0.345 e. The van der Waals surface area contributed by atoms with Gasteiger partial charge in [-0.05, 0) is 12.8 Å². The maximum absolute atomic E-state index is 12.1. The van der Waals surface area contributed by atoms with Gasteiger partial charge in [-0.15, -0.1) is 0 Å². The summed E-state index contributed by atoms with van der Waals surface area (Å²) >= 11 is 0. The first-order valence-electron chi connectivity index (χ1n) is 6.45. The first-order valence-corrected chi connectivity index (χ1v) is 6.45. The highest BCUT2D eigenvalue weighted by molar-refractivity contribution is 5.81. The SMILES string of the molecule is CC(=O)N1CCCC(C(=O)N2CC(OC(F)F)C2)C1. The highest BCUT2D eigenvalue weighted by atomic mass is 19.3. The van der Waals surface area contributed by atoms with E-state index in [9.17, 15) is 18.4 Å². The van der Waals surface area contributed by atoms with E-state index in [4.69, 9.17) is 0 Å². The monoisotopic (exact) mass is 276 g/mol. The zero-order valence-corrected chi connectivity index (χ0v) is 10.8. The van der Waals surface area contributed by atoms with Crippen LogP contribution in [0.4, 0.5) is 8.78 Å². The minimum absolute atomic E-state index is 0.0278. The van der Waals surface area contributed by atoms with Crippen LogP contribution in [0.5, 0.6) is 0 Å². The molecule has 2 rings (SSSR count). The quantitative estimate of drug-likeness (QED) is 0.762. The maximum atomic E-state index is 12.1. The summed E-state index contributed by atoms with van der Waals surface area (Å²) in [5.74, 6) is -0.287. The van der Waals surface area contributed by atoms with Crippen molar-refractivity contribution in [2.45, 2.75) is 32.5 Å². The number of carbonyl (C=O) groups excluding carboxylic acids is 2. The number of hydrogen-bond donors (Lipinski definition) is 0. The summed E-state index contributed by atoms with van der Waals surface area (Å²) in [7, 11) is 0. The van der Waals surface area contributed by atoms with Crippen LogP contribution >= 0.6 is 0 Å². The largest absolute Gasteiger partial charge is 0.345 e. The molecule has 5 nitrogen and oxygen atoms in total. The van der Waals surface area contributed by atoms with Gasteiger partial charge in [-0.1, -0.05) is 0 Å². The number of halogens is 2. The average Bonchev–Trinajstić information content (AvgIpc) is 2.32. The van der Waals surface area contributed by atoms with Crippen molar-refractivity contribution >= 4 is 11.8 Å². The van der Waals surface area contributed by atoms with Gasteiger partial charge in [-0.2, -0.15) is 8.78 Å². The molecule has 0 radical (unpaired) electrons. The lowest BCUT2D eigenvalue weighted by Gasteiger charge is -2.42. The Bertz CT molecular complexity index is 359. The Hall–Kier alpha value is -1.24. The third-order valence-electron chi connectivity index (χ3n) is 3.67. The summed E-state index contributed by atoms with van der Waals surface area (Å²) in [6.07, 6.45) is 0.997. The van der Waals surface area contributed by atoms with E-state index in [0.29, 0.717) is 13.1 Å². The number of alkyl halides is 2. The Morgan fingerprint density at radius 1 is 1.21 bits per heavy atom. The fourth-order valence-electron chi connectivity index (χ4n) is 2.57. The average molecular weight is 276 g/mol. The predicted octanol–water partition coefficient (Wildman–Crippen LogP) is 0.695. The fraction of sp³-hybridized carbons (Fsp3) is 0.833. The van der Waals surface area contributed by atoms with Crippen molar-refractivity contribution in [2.24, 2.45) is 5.92 Å². The van der Waals surface area contributed by atoms with Crippen molar-refractivity contribution in [3.05, 3.63) is 0 Å². The Morgan fingerprint density at radius 2 is 1.89 bits per heavy atom. The number of hydrogen-bond acceptors (Lipinski definition) is 3. The molecule has 0 N–H and O–H groups in total. The topological polar surface area (TPSA) is 49.9 Å². The Kier molecular flexibility index (Phi) is 4.34. The molecule has 2 amide bonds. The highest BCUT2D eigenvalue weighted by Gasteiger charge is 2.38. The van der Waals surface area contributed by atoms with E-state index >= 15 is 0 Å². The van der Waals surface area contributed by atoms with Crippen molar-refractivity contribution in [3.8, 4) is 0 Å². The second-order valence-corrected chi connectivity index (χ2v) is 5.07. The zero-order chi connectivity index (χ0) is 14.0. The van der Waals surface area contributed by atoms with Gasteiger partial charge in [0.25, 0.3) is 0 Å². The molecule has 2 fully saturated rings. The fourth-order valence-corrected chi connectivity index (χ4v) is 2.57. The number of piperidine rings is 1. The van der Waals surface area contributed by atoms with Gasteiger partial charge in [0.15, 0.2) is 0 Å². The first-order chi connectivity index (χ1) is 8.97. The Balaban J connectivity index is 1.79. The lowest BCUT2D eigenvalue weighted by molar-refractivity contribution is -0.200. The molecule has 0 saturated carbocycles. The smallest absolute Gasteiger partial charge is 0.342 e.